The number of para-hydroxylation sites is 1. The molecule has 3 nitrogen and oxygen atoms in total. The number of rotatable bonds is 4. The van der Waals surface area contributed by atoms with Crippen LogP contribution in [0.1, 0.15) is 21.1 Å². The molecule has 2 heterocycles. The van der Waals surface area contributed by atoms with E-state index in [1.165, 1.54) is 27.0 Å². The van der Waals surface area contributed by atoms with Gasteiger partial charge in [0.25, 0.3) is 0 Å². The molecule has 3 rings (SSSR count). The van der Waals surface area contributed by atoms with E-state index in [0.29, 0.717) is 0 Å². The highest BCUT2D eigenvalue weighted by molar-refractivity contribution is 7.11. The largest absolute Gasteiger partial charge is 0.346 e. The van der Waals surface area contributed by atoms with Crippen LogP contribution in [0.25, 0.3) is 10.9 Å². The minimum absolute atomic E-state index is 0.833. The van der Waals surface area contributed by atoms with Gasteiger partial charge in [0.15, 0.2) is 0 Å². The summed E-state index contributed by atoms with van der Waals surface area (Å²) >= 11 is 1.76. The average Bonchev–Trinajstić information content (AvgIpc) is 2.97. The van der Waals surface area contributed by atoms with Crippen LogP contribution in [0.5, 0.6) is 0 Å². The summed E-state index contributed by atoms with van der Waals surface area (Å²) in [6.07, 6.45) is 1.93. The zero-order chi connectivity index (χ0) is 14.1. The Balaban J connectivity index is 1.77. The Bertz CT molecular complexity index is 700. The van der Waals surface area contributed by atoms with Gasteiger partial charge >= 0.3 is 0 Å². The second-order valence-corrected chi connectivity index (χ2v) is 6.44. The van der Waals surface area contributed by atoms with Crippen molar-refractivity contribution in [3.8, 4) is 0 Å². The van der Waals surface area contributed by atoms with Crippen LogP contribution >= 0.6 is 11.3 Å². The number of benzene rings is 1. The zero-order valence-electron chi connectivity index (χ0n) is 12.1. The first kappa shape index (κ1) is 13.3. The second kappa shape index (κ2) is 5.38. The highest BCUT2D eigenvalue weighted by Crippen LogP contribution is 2.24. The first-order valence-corrected chi connectivity index (χ1v) is 7.63. The van der Waals surface area contributed by atoms with Crippen molar-refractivity contribution in [1.82, 2.24) is 14.9 Å². The fraction of sp³-hybridized carbons (Fsp3) is 0.312. The van der Waals surface area contributed by atoms with Crippen molar-refractivity contribution in [3.63, 3.8) is 0 Å². The number of aryl methyl sites for hydroxylation is 3. The highest BCUT2D eigenvalue weighted by Gasteiger charge is 2.10. The van der Waals surface area contributed by atoms with Crippen LogP contribution in [0.3, 0.4) is 0 Å². The number of nitrogens with one attached hydrogen (secondary N) is 1. The molecule has 2 aromatic heterocycles. The Morgan fingerprint density at radius 3 is 2.70 bits per heavy atom. The first-order chi connectivity index (χ1) is 9.66. The molecule has 0 bridgehead atoms. The lowest BCUT2D eigenvalue weighted by atomic mass is 10.1. The fourth-order valence-corrected chi connectivity index (χ4v) is 3.41. The van der Waals surface area contributed by atoms with Gasteiger partial charge in [0, 0.05) is 47.8 Å². The molecule has 0 atom stereocenters. The van der Waals surface area contributed by atoms with Crippen LogP contribution in [-0.2, 0) is 20.1 Å². The summed E-state index contributed by atoms with van der Waals surface area (Å²) in [5.41, 5.74) is 4.01. The molecule has 0 spiro atoms. The van der Waals surface area contributed by atoms with E-state index < -0.39 is 0 Å². The van der Waals surface area contributed by atoms with Crippen molar-refractivity contribution in [3.05, 3.63) is 51.6 Å². The van der Waals surface area contributed by atoms with Crippen molar-refractivity contribution in [2.45, 2.75) is 26.9 Å². The van der Waals surface area contributed by atoms with Crippen LogP contribution in [0.15, 0.2) is 30.5 Å². The van der Waals surface area contributed by atoms with E-state index in [9.17, 15) is 0 Å². The Morgan fingerprint density at radius 1 is 1.20 bits per heavy atom. The third-order valence-electron chi connectivity index (χ3n) is 3.74. The van der Waals surface area contributed by atoms with Gasteiger partial charge in [-0.2, -0.15) is 0 Å². The smallest absolute Gasteiger partial charge is 0.107 e. The molecule has 3 aromatic rings. The Hall–Kier alpha value is -1.65. The summed E-state index contributed by atoms with van der Waals surface area (Å²) in [4.78, 5) is 5.65. The van der Waals surface area contributed by atoms with Crippen LogP contribution in [0, 0.1) is 13.8 Å². The standard InChI is InChI=1S/C16H19N3S/c1-11-8-18-16(20-11)10-17-9-15-12(2)13-6-4-5-7-14(13)19(15)3/h4-8,17H,9-10H2,1-3H3. The lowest BCUT2D eigenvalue weighted by molar-refractivity contribution is 0.654. The molecule has 0 aliphatic rings. The molecule has 0 aliphatic carbocycles. The number of aromatic nitrogens is 2. The van der Waals surface area contributed by atoms with Gasteiger partial charge in [0.05, 0.1) is 0 Å². The molecule has 1 aromatic carbocycles. The van der Waals surface area contributed by atoms with Crippen molar-refractivity contribution in [2.75, 3.05) is 0 Å². The van der Waals surface area contributed by atoms with Crippen molar-refractivity contribution in [1.29, 1.82) is 0 Å². The quantitative estimate of drug-likeness (QED) is 0.794. The number of thiazole rings is 1. The van der Waals surface area contributed by atoms with Crippen molar-refractivity contribution < 1.29 is 0 Å². The molecule has 0 fully saturated rings. The molecule has 0 amide bonds. The summed E-state index contributed by atoms with van der Waals surface area (Å²) in [7, 11) is 2.14. The molecule has 104 valence electrons. The normalized spacial score (nSPS) is 11.3. The predicted molar refractivity (Wildman–Crippen MR) is 85.1 cm³/mol. The van der Waals surface area contributed by atoms with Gasteiger partial charge in [0.2, 0.25) is 0 Å². The molecular formula is C16H19N3S. The molecular weight excluding hydrogens is 266 g/mol. The number of fused-ring (bicyclic) bond motifs is 1. The van der Waals surface area contributed by atoms with Crippen LogP contribution in [-0.4, -0.2) is 9.55 Å². The maximum absolute atomic E-state index is 4.38. The van der Waals surface area contributed by atoms with E-state index in [0.717, 1.165) is 18.1 Å². The predicted octanol–water partition coefficient (Wildman–Crippen LogP) is 3.54. The van der Waals surface area contributed by atoms with E-state index in [-0.39, 0.29) is 0 Å². The Labute approximate surface area is 123 Å². The summed E-state index contributed by atoms with van der Waals surface area (Å²) in [5, 5.41) is 6.00. The van der Waals surface area contributed by atoms with Crippen LogP contribution in [0.4, 0.5) is 0 Å². The van der Waals surface area contributed by atoms with Crippen molar-refractivity contribution in [2.24, 2.45) is 7.05 Å². The minimum Gasteiger partial charge on any atom is -0.346 e. The topological polar surface area (TPSA) is 29.9 Å². The first-order valence-electron chi connectivity index (χ1n) is 6.81. The average molecular weight is 285 g/mol. The summed E-state index contributed by atoms with van der Waals surface area (Å²) in [6.45, 7) is 6.00. The summed E-state index contributed by atoms with van der Waals surface area (Å²) < 4.78 is 2.28. The number of nitrogens with zero attached hydrogens (tertiary/aromatic N) is 2. The van der Waals surface area contributed by atoms with Gasteiger partial charge in [0.1, 0.15) is 5.01 Å². The van der Waals surface area contributed by atoms with Gasteiger partial charge in [-0.1, -0.05) is 18.2 Å². The van der Waals surface area contributed by atoms with Crippen LogP contribution < -0.4 is 5.32 Å². The van der Waals surface area contributed by atoms with Gasteiger partial charge in [-0.15, -0.1) is 11.3 Å². The second-order valence-electron chi connectivity index (χ2n) is 5.12. The van der Waals surface area contributed by atoms with E-state index in [4.69, 9.17) is 0 Å². The Kier molecular flexibility index (Phi) is 3.59. The number of hydrogen-bond acceptors (Lipinski definition) is 3. The summed E-state index contributed by atoms with van der Waals surface area (Å²) in [6, 6.07) is 8.57. The van der Waals surface area contributed by atoms with E-state index in [2.05, 4.69) is 60.0 Å². The van der Waals surface area contributed by atoms with E-state index in [1.54, 1.807) is 11.3 Å². The fourth-order valence-electron chi connectivity index (χ4n) is 2.66. The van der Waals surface area contributed by atoms with Gasteiger partial charge < -0.3 is 9.88 Å². The van der Waals surface area contributed by atoms with Gasteiger partial charge in [-0.3, -0.25) is 0 Å². The third kappa shape index (κ3) is 2.37. The molecule has 0 unspecified atom stereocenters. The maximum Gasteiger partial charge on any atom is 0.107 e. The molecule has 20 heavy (non-hydrogen) atoms. The summed E-state index contributed by atoms with van der Waals surface area (Å²) in [5.74, 6) is 0. The molecule has 0 radical (unpaired) electrons. The van der Waals surface area contributed by atoms with Crippen LogP contribution in [0.2, 0.25) is 0 Å². The molecule has 4 heteroatoms. The number of hydrogen-bond donors (Lipinski definition) is 1. The SMILES string of the molecule is Cc1cnc(CNCc2c(C)c3ccccc3n2C)s1. The maximum atomic E-state index is 4.38. The lowest BCUT2D eigenvalue weighted by Gasteiger charge is -2.06. The third-order valence-corrected chi connectivity index (χ3v) is 4.66. The molecule has 1 N–H and O–H groups in total. The Morgan fingerprint density at radius 2 is 2.00 bits per heavy atom. The van der Waals surface area contributed by atoms with Crippen molar-refractivity contribution >= 4 is 22.2 Å². The van der Waals surface area contributed by atoms with E-state index in [1.807, 2.05) is 6.20 Å². The highest BCUT2D eigenvalue weighted by atomic mass is 32.1. The van der Waals surface area contributed by atoms with Gasteiger partial charge in [-0.25, -0.2) is 4.98 Å². The molecule has 0 saturated carbocycles. The molecule has 0 saturated heterocycles. The zero-order valence-corrected chi connectivity index (χ0v) is 12.9. The van der Waals surface area contributed by atoms with E-state index >= 15 is 0 Å². The van der Waals surface area contributed by atoms with Gasteiger partial charge in [-0.05, 0) is 25.5 Å². The monoisotopic (exact) mass is 285 g/mol. The lowest BCUT2D eigenvalue weighted by Crippen LogP contribution is -2.15. The minimum atomic E-state index is 0.833. The molecule has 0 aliphatic heterocycles.